The van der Waals surface area contributed by atoms with Gasteiger partial charge in [0.25, 0.3) is 15.9 Å². The predicted octanol–water partition coefficient (Wildman–Crippen LogP) is 5.46. The van der Waals surface area contributed by atoms with Gasteiger partial charge in [0.15, 0.2) is 5.11 Å². The first-order valence-electron chi connectivity index (χ1n) is 13.0. The Kier molecular flexibility index (Phi) is 9.32. The molecule has 0 aromatic heterocycles. The molecular formula is C31H33N3O3S2. The molecule has 1 heterocycles. The lowest BCUT2D eigenvalue weighted by Crippen LogP contribution is -2.39. The molecule has 0 radical (unpaired) electrons. The number of rotatable bonds is 10. The van der Waals surface area contributed by atoms with Gasteiger partial charge in [-0.2, -0.15) is 0 Å². The zero-order chi connectivity index (χ0) is 27.8. The summed E-state index contributed by atoms with van der Waals surface area (Å²) in [5, 5.41) is 3.00. The first-order valence-corrected chi connectivity index (χ1v) is 14.9. The van der Waals surface area contributed by atoms with E-state index in [9.17, 15) is 13.2 Å². The Labute approximate surface area is 236 Å². The minimum atomic E-state index is -3.77. The highest BCUT2D eigenvalue weighted by atomic mass is 32.2. The second kappa shape index (κ2) is 12.9. The van der Waals surface area contributed by atoms with Crippen molar-refractivity contribution in [3.05, 3.63) is 113 Å². The van der Waals surface area contributed by atoms with Gasteiger partial charge < -0.3 is 10.2 Å². The minimum absolute atomic E-state index is 0.0538. The van der Waals surface area contributed by atoms with Crippen LogP contribution in [0.25, 0.3) is 11.8 Å². The number of nitrogens with zero attached hydrogens (tertiary/aromatic N) is 1. The van der Waals surface area contributed by atoms with E-state index in [1.807, 2.05) is 73.7 Å². The molecule has 8 heteroatoms. The fourth-order valence-corrected chi connectivity index (χ4v) is 5.60. The van der Waals surface area contributed by atoms with Crippen molar-refractivity contribution in [2.24, 2.45) is 0 Å². The number of hydrogen-bond donors (Lipinski definition) is 2. The standard InChI is InChI=1S/C31H33N3O3S2/c1-3-4-19-32-31(38)33-39(36,37)28-16-12-24(13-17-28)18-20-34-29(26-14-10-23(2)11-15-26)22-27(30(34)35)21-25-8-6-5-7-9-25/h5-17,21-22H,3-4,18-20H2,1-2H3,(H2,32,33,38)/b27-21+. The van der Waals surface area contributed by atoms with Crippen LogP contribution in [0.2, 0.25) is 0 Å². The molecule has 0 atom stereocenters. The molecule has 3 aromatic rings. The van der Waals surface area contributed by atoms with Crippen LogP contribution in [0.15, 0.2) is 95.4 Å². The van der Waals surface area contributed by atoms with E-state index in [1.165, 1.54) is 0 Å². The number of thiocarbonyl (C=S) groups is 1. The molecule has 0 fully saturated rings. The fourth-order valence-electron chi connectivity index (χ4n) is 4.24. The predicted molar refractivity (Wildman–Crippen MR) is 161 cm³/mol. The number of aryl methyl sites for hydroxylation is 1. The second-order valence-electron chi connectivity index (χ2n) is 9.47. The van der Waals surface area contributed by atoms with E-state index in [0.29, 0.717) is 25.1 Å². The number of nitrogens with one attached hydrogen (secondary N) is 2. The normalized spacial score (nSPS) is 14.4. The first-order chi connectivity index (χ1) is 18.8. The van der Waals surface area contributed by atoms with Gasteiger partial charge in [0.1, 0.15) is 0 Å². The van der Waals surface area contributed by atoms with E-state index in [2.05, 4.69) is 17.0 Å². The lowest BCUT2D eigenvalue weighted by Gasteiger charge is -2.21. The van der Waals surface area contributed by atoms with Crippen LogP contribution in [0.3, 0.4) is 0 Å². The lowest BCUT2D eigenvalue weighted by molar-refractivity contribution is -0.122. The fraction of sp³-hybridized carbons (Fsp3) is 0.226. The summed E-state index contributed by atoms with van der Waals surface area (Å²) in [7, 11) is -3.77. The highest BCUT2D eigenvalue weighted by molar-refractivity contribution is 7.91. The number of sulfonamides is 1. The number of benzene rings is 3. The van der Waals surface area contributed by atoms with E-state index in [1.54, 1.807) is 29.2 Å². The van der Waals surface area contributed by atoms with E-state index in [-0.39, 0.29) is 15.9 Å². The highest BCUT2D eigenvalue weighted by Crippen LogP contribution is 2.31. The molecule has 2 N–H and O–H groups in total. The van der Waals surface area contributed by atoms with Gasteiger partial charge in [-0.05, 0) is 73.0 Å². The van der Waals surface area contributed by atoms with Gasteiger partial charge in [-0.25, -0.2) is 8.42 Å². The Balaban J connectivity index is 1.48. The minimum Gasteiger partial charge on any atom is -0.362 e. The molecule has 4 rings (SSSR count). The van der Waals surface area contributed by atoms with Crippen molar-refractivity contribution in [1.29, 1.82) is 0 Å². The van der Waals surface area contributed by atoms with Gasteiger partial charge >= 0.3 is 0 Å². The molecule has 1 aliphatic heterocycles. The Morgan fingerprint density at radius 2 is 1.67 bits per heavy atom. The summed E-state index contributed by atoms with van der Waals surface area (Å²) in [4.78, 5) is 15.4. The number of carbonyl (C=O) groups excluding carboxylic acids is 1. The summed E-state index contributed by atoms with van der Waals surface area (Å²) in [5.74, 6) is -0.0538. The average Bonchev–Trinajstić information content (AvgIpc) is 3.23. The van der Waals surface area contributed by atoms with E-state index in [0.717, 1.165) is 40.8 Å². The van der Waals surface area contributed by atoms with Gasteiger partial charge in [-0.3, -0.25) is 9.52 Å². The summed E-state index contributed by atoms with van der Waals surface area (Å²) in [6.07, 6.45) is 6.31. The van der Waals surface area contributed by atoms with Crippen LogP contribution >= 0.6 is 12.2 Å². The number of carbonyl (C=O) groups is 1. The molecule has 0 saturated heterocycles. The van der Waals surface area contributed by atoms with Crippen LogP contribution in [-0.2, 0) is 21.2 Å². The molecule has 0 aliphatic carbocycles. The van der Waals surface area contributed by atoms with Crippen molar-refractivity contribution in [3.8, 4) is 0 Å². The van der Waals surface area contributed by atoms with Crippen LogP contribution in [0, 0.1) is 6.92 Å². The molecule has 39 heavy (non-hydrogen) atoms. The van der Waals surface area contributed by atoms with E-state index in [4.69, 9.17) is 12.2 Å². The Bertz CT molecular complexity index is 1480. The quantitative estimate of drug-likeness (QED) is 0.196. The molecule has 0 bridgehead atoms. The summed E-state index contributed by atoms with van der Waals surface area (Å²) in [6.45, 7) is 5.16. The average molecular weight is 560 g/mol. The zero-order valence-corrected chi connectivity index (χ0v) is 23.8. The molecule has 1 amide bonds. The molecule has 0 unspecified atom stereocenters. The van der Waals surface area contributed by atoms with Crippen molar-refractivity contribution in [1.82, 2.24) is 14.9 Å². The number of unbranched alkanes of at least 4 members (excludes halogenated alkanes) is 1. The van der Waals surface area contributed by atoms with Gasteiger partial charge in [-0.15, -0.1) is 0 Å². The van der Waals surface area contributed by atoms with Crippen LogP contribution in [0.4, 0.5) is 0 Å². The van der Waals surface area contributed by atoms with Crippen LogP contribution in [0.1, 0.15) is 42.0 Å². The van der Waals surface area contributed by atoms with Crippen LogP contribution < -0.4 is 10.0 Å². The monoisotopic (exact) mass is 559 g/mol. The third kappa shape index (κ3) is 7.43. The van der Waals surface area contributed by atoms with Gasteiger partial charge in [0.05, 0.1) is 10.6 Å². The van der Waals surface area contributed by atoms with Crippen molar-refractivity contribution >= 4 is 45.0 Å². The maximum Gasteiger partial charge on any atom is 0.263 e. The smallest absolute Gasteiger partial charge is 0.263 e. The third-order valence-corrected chi connectivity index (χ3v) is 8.19. The SMILES string of the molecule is CCCCNC(=S)NS(=O)(=O)c1ccc(CCN2C(=O)/C(=C/c3ccccc3)C=C2c2ccc(C)cc2)cc1. The summed E-state index contributed by atoms with van der Waals surface area (Å²) < 4.78 is 27.8. The number of amides is 1. The molecular weight excluding hydrogens is 526 g/mol. The summed E-state index contributed by atoms with van der Waals surface area (Å²) in [5.41, 5.74) is 5.50. The molecule has 6 nitrogen and oxygen atoms in total. The summed E-state index contributed by atoms with van der Waals surface area (Å²) >= 11 is 5.12. The highest BCUT2D eigenvalue weighted by Gasteiger charge is 2.28. The maximum absolute atomic E-state index is 13.5. The van der Waals surface area contributed by atoms with Gasteiger partial charge in [-0.1, -0.05) is 85.6 Å². The number of hydrogen-bond acceptors (Lipinski definition) is 4. The first kappa shape index (κ1) is 28.3. The van der Waals surface area contributed by atoms with E-state index < -0.39 is 10.0 Å². The van der Waals surface area contributed by atoms with Crippen molar-refractivity contribution in [2.45, 2.75) is 38.0 Å². The second-order valence-corrected chi connectivity index (χ2v) is 11.6. The van der Waals surface area contributed by atoms with E-state index >= 15 is 0 Å². The Morgan fingerprint density at radius 3 is 2.33 bits per heavy atom. The Morgan fingerprint density at radius 1 is 0.974 bits per heavy atom. The van der Waals surface area contributed by atoms with Crippen LogP contribution in [0.5, 0.6) is 0 Å². The third-order valence-electron chi connectivity index (χ3n) is 6.44. The molecule has 3 aromatic carbocycles. The molecule has 1 aliphatic rings. The van der Waals surface area contributed by atoms with Gasteiger partial charge in [0, 0.05) is 18.7 Å². The van der Waals surface area contributed by atoms with Crippen molar-refractivity contribution in [3.63, 3.8) is 0 Å². The lowest BCUT2D eigenvalue weighted by atomic mass is 10.1. The largest absolute Gasteiger partial charge is 0.362 e. The topological polar surface area (TPSA) is 78.5 Å². The molecule has 0 spiro atoms. The Hall–Kier alpha value is -3.75. The van der Waals surface area contributed by atoms with Gasteiger partial charge in [0.2, 0.25) is 0 Å². The summed E-state index contributed by atoms with van der Waals surface area (Å²) in [6, 6.07) is 24.6. The zero-order valence-electron chi connectivity index (χ0n) is 22.2. The molecule has 0 saturated carbocycles. The van der Waals surface area contributed by atoms with Crippen LogP contribution in [-0.4, -0.2) is 37.4 Å². The van der Waals surface area contributed by atoms with Crippen molar-refractivity contribution < 1.29 is 13.2 Å². The van der Waals surface area contributed by atoms with Crippen molar-refractivity contribution in [2.75, 3.05) is 13.1 Å². The maximum atomic E-state index is 13.5. The molecule has 202 valence electrons.